The number of aromatic nitrogens is 1. The number of likely N-dealkylation sites (tertiary alicyclic amines) is 1. The third kappa shape index (κ3) is 1.87. The van der Waals surface area contributed by atoms with Crippen LogP contribution in [0.4, 0.5) is 4.39 Å². The zero-order chi connectivity index (χ0) is 13.5. The first kappa shape index (κ1) is 12.6. The molecular formula is C12H15FN2O3. The number of halogens is 1. The lowest BCUT2D eigenvalue weighted by molar-refractivity contribution is -0.149. The van der Waals surface area contributed by atoms with Crippen molar-refractivity contribution in [3.8, 4) is 0 Å². The fraction of sp³-hybridized carbons (Fsp3) is 0.500. The molecule has 1 fully saturated rings. The molecule has 6 heteroatoms. The van der Waals surface area contributed by atoms with Gasteiger partial charge >= 0.3 is 5.97 Å². The number of amides is 1. The van der Waals surface area contributed by atoms with Crippen LogP contribution < -0.4 is 0 Å². The SMILES string of the molecule is Cc1ccc(C(=O)N2CC[C@@](F)(C(=O)O)C2)n1C. The maximum atomic E-state index is 13.9. The summed E-state index contributed by atoms with van der Waals surface area (Å²) in [5.41, 5.74) is -0.944. The largest absolute Gasteiger partial charge is 0.479 e. The average Bonchev–Trinajstić information content (AvgIpc) is 2.85. The van der Waals surface area contributed by atoms with E-state index in [1.165, 1.54) is 4.90 Å². The van der Waals surface area contributed by atoms with Crippen molar-refractivity contribution in [3.05, 3.63) is 23.5 Å². The molecule has 1 aromatic rings. The third-order valence-corrected chi connectivity index (χ3v) is 3.48. The van der Waals surface area contributed by atoms with Crippen LogP contribution in [0.3, 0.4) is 0 Å². The van der Waals surface area contributed by atoms with Crippen LogP contribution in [-0.4, -0.2) is 45.2 Å². The number of carbonyl (C=O) groups is 2. The smallest absolute Gasteiger partial charge is 0.343 e. The van der Waals surface area contributed by atoms with Crippen LogP contribution >= 0.6 is 0 Å². The van der Waals surface area contributed by atoms with E-state index in [0.717, 1.165) is 5.69 Å². The highest BCUT2D eigenvalue weighted by atomic mass is 19.1. The molecule has 2 rings (SSSR count). The number of aryl methyl sites for hydroxylation is 1. The Morgan fingerprint density at radius 2 is 2.11 bits per heavy atom. The highest BCUT2D eigenvalue weighted by molar-refractivity contribution is 5.94. The minimum Gasteiger partial charge on any atom is -0.479 e. The van der Waals surface area contributed by atoms with Crippen molar-refractivity contribution in [2.24, 2.45) is 7.05 Å². The molecular weight excluding hydrogens is 239 g/mol. The summed E-state index contributed by atoms with van der Waals surface area (Å²) in [7, 11) is 1.75. The van der Waals surface area contributed by atoms with Gasteiger partial charge in [0.25, 0.3) is 5.91 Å². The molecule has 0 bridgehead atoms. The summed E-state index contributed by atoms with van der Waals surface area (Å²) in [5.74, 6) is -1.83. The van der Waals surface area contributed by atoms with E-state index in [0.29, 0.717) is 5.69 Å². The van der Waals surface area contributed by atoms with Gasteiger partial charge in [-0.2, -0.15) is 0 Å². The second-order valence-corrected chi connectivity index (χ2v) is 4.67. The van der Waals surface area contributed by atoms with Crippen molar-refractivity contribution in [3.63, 3.8) is 0 Å². The van der Waals surface area contributed by atoms with Crippen LogP contribution in [-0.2, 0) is 11.8 Å². The Bertz CT molecular complexity index is 511. The Balaban J connectivity index is 2.18. The van der Waals surface area contributed by atoms with Crippen LogP contribution in [0.1, 0.15) is 22.6 Å². The second-order valence-electron chi connectivity index (χ2n) is 4.67. The number of hydrogen-bond donors (Lipinski definition) is 1. The van der Waals surface area contributed by atoms with E-state index in [9.17, 15) is 14.0 Å². The van der Waals surface area contributed by atoms with Gasteiger partial charge in [-0.3, -0.25) is 4.79 Å². The van der Waals surface area contributed by atoms with Gasteiger partial charge in [0.2, 0.25) is 5.67 Å². The number of nitrogens with zero attached hydrogens (tertiary/aromatic N) is 2. The summed E-state index contributed by atoms with van der Waals surface area (Å²) >= 11 is 0. The molecule has 5 nitrogen and oxygen atoms in total. The van der Waals surface area contributed by atoms with Gasteiger partial charge < -0.3 is 14.6 Å². The molecule has 18 heavy (non-hydrogen) atoms. The molecule has 1 aliphatic heterocycles. The number of hydrogen-bond acceptors (Lipinski definition) is 2. The molecule has 0 saturated carbocycles. The molecule has 1 saturated heterocycles. The van der Waals surface area contributed by atoms with Gasteiger partial charge in [0.05, 0.1) is 6.54 Å². The summed E-state index contributed by atoms with van der Waals surface area (Å²) in [6.07, 6.45) is -0.155. The van der Waals surface area contributed by atoms with Crippen molar-refractivity contribution in [1.29, 1.82) is 0 Å². The van der Waals surface area contributed by atoms with E-state index in [4.69, 9.17) is 5.11 Å². The van der Waals surface area contributed by atoms with Gasteiger partial charge in [0, 0.05) is 25.7 Å². The van der Waals surface area contributed by atoms with Gasteiger partial charge in [-0.05, 0) is 19.1 Å². The van der Waals surface area contributed by atoms with Crippen LogP contribution in [0.2, 0.25) is 0 Å². The highest BCUT2D eigenvalue weighted by Gasteiger charge is 2.47. The predicted octanol–water partition coefficient (Wildman–Crippen LogP) is 0.972. The quantitative estimate of drug-likeness (QED) is 0.855. The molecule has 0 unspecified atom stereocenters. The number of aliphatic carboxylic acids is 1. The van der Waals surface area contributed by atoms with Crippen molar-refractivity contribution in [2.45, 2.75) is 19.0 Å². The zero-order valence-electron chi connectivity index (χ0n) is 10.3. The first-order valence-corrected chi connectivity index (χ1v) is 5.69. The minimum atomic E-state index is -2.31. The van der Waals surface area contributed by atoms with Crippen molar-refractivity contribution >= 4 is 11.9 Å². The molecule has 1 aromatic heterocycles. The fourth-order valence-corrected chi connectivity index (χ4v) is 2.11. The zero-order valence-corrected chi connectivity index (χ0v) is 10.3. The summed E-state index contributed by atoms with van der Waals surface area (Å²) < 4.78 is 15.6. The number of carboxylic acids is 1. The molecule has 2 heterocycles. The summed E-state index contributed by atoms with van der Waals surface area (Å²) in [4.78, 5) is 24.2. The van der Waals surface area contributed by atoms with Gasteiger partial charge in [0.15, 0.2) is 0 Å². The van der Waals surface area contributed by atoms with Crippen molar-refractivity contribution in [1.82, 2.24) is 9.47 Å². The topological polar surface area (TPSA) is 62.5 Å². The van der Waals surface area contributed by atoms with Crippen molar-refractivity contribution < 1.29 is 19.1 Å². The molecule has 1 aliphatic rings. The maximum Gasteiger partial charge on any atom is 0.343 e. The van der Waals surface area contributed by atoms with E-state index in [-0.39, 0.29) is 25.4 Å². The van der Waals surface area contributed by atoms with Crippen LogP contribution in [0, 0.1) is 6.92 Å². The van der Waals surface area contributed by atoms with Crippen LogP contribution in [0.5, 0.6) is 0 Å². The summed E-state index contributed by atoms with van der Waals surface area (Å²) in [6.45, 7) is 1.61. The first-order valence-electron chi connectivity index (χ1n) is 5.69. The molecule has 1 atom stereocenters. The molecule has 0 spiro atoms. The number of alkyl halides is 1. The molecule has 1 amide bonds. The summed E-state index contributed by atoms with van der Waals surface area (Å²) in [5, 5.41) is 8.78. The Hall–Kier alpha value is -1.85. The molecule has 0 aromatic carbocycles. The van der Waals surface area contributed by atoms with Gasteiger partial charge in [-0.15, -0.1) is 0 Å². The van der Waals surface area contributed by atoms with Gasteiger partial charge in [0.1, 0.15) is 5.69 Å². The lowest BCUT2D eigenvalue weighted by atomic mass is 10.1. The molecule has 0 radical (unpaired) electrons. The predicted molar refractivity (Wildman–Crippen MR) is 62.1 cm³/mol. The van der Waals surface area contributed by atoms with E-state index < -0.39 is 11.6 Å². The summed E-state index contributed by atoms with van der Waals surface area (Å²) in [6, 6.07) is 3.46. The Labute approximate surface area is 104 Å². The third-order valence-electron chi connectivity index (χ3n) is 3.48. The number of carbonyl (C=O) groups excluding carboxylic acids is 1. The lowest BCUT2D eigenvalue weighted by Crippen LogP contribution is -2.39. The van der Waals surface area contributed by atoms with E-state index >= 15 is 0 Å². The maximum absolute atomic E-state index is 13.9. The van der Waals surface area contributed by atoms with Gasteiger partial charge in [-0.25, -0.2) is 9.18 Å². The minimum absolute atomic E-state index is 0.131. The monoisotopic (exact) mass is 254 g/mol. The Morgan fingerprint density at radius 3 is 2.56 bits per heavy atom. The first-order chi connectivity index (χ1) is 8.35. The van der Waals surface area contributed by atoms with Crippen LogP contribution in [0.15, 0.2) is 12.1 Å². The molecule has 0 aliphatic carbocycles. The van der Waals surface area contributed by atoms with E-state index in [1.54, 1.807) is 23.7 Å². The number of rotatable bonds is 2. The standard InChI is InChI=1S/C12H15FN2O3/c1-8-3-4-9(14(8)2)10(16)15-6-5-12(13,7-15)11(17)18/h3-4H,5-7H2,1-2H3,(H,17,18)/t12-/m0/s1. The van der Waals surface area contributed by atoms with Crippen LogP contribution in [0.25, 0.3) is 0 Å². The second kappa shape index (κ2) is 4.12. The Kier molecular flexibility index (Phi) is 2.88. The van der Waals surface area contributed by atoms with Gasteiger partial charge in [-0.1, -0.05) is 0 Å². The molecule has 98 valence electrons. The normalized spacial score (nSPS) is 23.4. The molecule has 1 N–H and O–H groups in total. The van der Waals surface area contributed by atoms with E-state index in [2.05, 4.69) is 0 Å². The highest BCUT2D eigenvalue weighted by Crippen LogP contribution is 2.27. The average molecular weight is 254 g/mol. The fourth-order valence-electron chi connectivity index (χ4n) is 2.11. The Morgan fingerprint density at radius 1 is 1.44 bits per heavy atom. The number of carboxylic acid groups (broad SMARTS) is 1. The lowest BCUT2D eigenvalue weighted by Gasteiger charge is -2.18. The van der Waals surface area contributed by atoms with E-state index in [1.807, 2.05) is 6.92 Å². The van der Waals surface area contributed by atoms with Crippen molar-refractivity contribution in [2.75, 3.05) is 13.1 Å².